The van der Waals surface area contributed by atoms with E-state index < -0.39 is 0 Å². The number of hydrogen-bond donors (Lipinski definition) is 0. The molecule has 1 aromatic rings. The maximum atomic E-state index is 8.68. The van der Waals surface area contributed by atoms with Crippen molar-refractivity contribution < 1.29 is 25.9 Å². The van der Waals surface area contributed by atoms with Crippen LogP contribution in [0.5, 0.6) is 0 Å². The molecular formula is C7H8OPt. The molecule has 0 spiro atoms. The fourth-order valence-electron chi connectivity index (χ4n) is 0.321. The van der Waals surface area contributed by atoms with Crippen LogP contribution in [0.2, 0.25) is 0 Å². The smallest absolute Gasteiger partial charge is 0.542 e. The Hall–Kier alpha value is -0.292. The average Bonchev–Trinajstić information content (AvgIpc) is 2.17. The standard InChI is InChI=1S/C5H5.C2H3O.Pt/c1-2-4-5-3-1;1-2-3;/h1-5H;1H3;/q2*-1;+2. The van der Waals surface area contributed by atoms with E-state index in [0.717, 1.165) is 0 Å². The second kappa shape index (κ2) is 10.6. The van der Waals surface area contributed by atoms with Gasteiger partial charge in [0.25, 0.3) is 0 Å². The summed E-state index contributed by atoms with van der Waals surface area (Å²) in [4.78, 5) is 8.68. The van der Waals surface area contributed by atoms with Crippen LogP contribution in [0.4, 0.5) is 0 Å². The zero-order valence-electron chi connectivity index (χ0n) is 5.11. The van der Waals surface area contributed by atoms with E-state index in [1.54, 1.807) is 0 Å². The van der Waals surface area contributed by atoms with E-state index in [0.29, 0.717) is 0 Å². The second-order valence-electron chi connectivity index (χ2n) is 1.17. The van der Waals surface area contributed by atoms with Crippen molar-refractivity contribution >= 4 is 6.29 Å². The molecule has 0 atom stereocenters. The van der Waals surface area contributed by atoms with E-state index >= 15 is 0 Å². The summed E-state index contributed by atoms with van der Waals surface area (Å²) in [5.41, 5.74) is 0. The molecule has 0 heterocycles. The Bertz CT molecular complexity index is 95.3. The van der Waals surface area contributed by atoms with Crippen molar-refractivity contribution in [3.05, 3.63) is 30.3 Å². The SMILES string of the molecule is C[C-]=O.[Pt+2].c1cc[cH-]c1. The number of hydrogen-bond acceptors (Lipinski definition) is 1. The molecule has 9 heavy (non-hydrogen) atoms. The van der Waals surface area contributed by atoms with Crippen LogP contribution in [0.1, 0.15) is 6.92 Å². The van der Waals surface area contributed by atoms with Crippen molar-refractivity contribution in [2.75, 3.05) is 0 Å². The Kier molecular flexibility index (Phi) is 13.6. The van der Waals surface area contributed by atoms with Crippen molar-refractivity contribution in [2.24, 2.45) is 0 Å². The van der Waals surface area contributed by atoms with E-state index in [1.165, 1.54) is 13.2 Å². The van der Waals surface area contributed by atoms with Gasteiger partial charge in [0.15, 0.2) is 0 Å². The summed E-state index contributed by atoms with van der Waals surface area (Å²) in [6.07, 6.45) is 1.50. The van der Waals surface area contributed by atoms with Crippen LogP contribution in [0.3, 0.4) is 0 Å². The minimum Gasteiger partial charge on any atom is -0.542 e. The monoisotopic (exact) mass is 303 g/mol. The molecule has 1 nitrogen and oxygen atoms in total. The molecule has 0 unspecified atom stereocenters. The Morgan fingerprint density at radius 2 is 1.67 bits per heavy atom. The predicted octanol–water partition coefficient (Wildman–Crippen LogP) is 1.52. The topological polar surface area (TPSA) is 17.1 Å². The first-order valence-electron chi connectivity index (χ1n) is 2.37. The van der Waals surface area contributed by atoms with Gasteiger partial charge >= 0.3 is 21.1 Å². The molecule has 0 aromatic heterocycles. The van der Waals surface area contributed by atoms with Gasteiger partial charge in [-0.1, -0.05) is 0 Å². The minimum atomic E-state index is 0. The quantitative estimate of drug-likeness (QED) is 0.664. The number of carbonyl (C=O) groups excluding carboxylic acids is 1. The fourth-order valence-corrected chi connectivity index (χ4v) is 0.321. The first-order chi connectivity index (χ1) is 3.91. The predicted molar refractivity (Wildman–Crippen MR) is 33.4 cm³/mol. The molecule has 1 aromatic carbocycles. The molecule has 0 N–H and O–H groups in total. The first-order valence-corrected chi connectivity index (χ1v) is 2.37. The summed E-state index contributed by atoms with van der Waals surface area (Å²) in [6, 6.07) is 10.0. The molecule has 0 bridgehead atoms. The van der Waals surface area contributed by atoms with E-state index in [-0.39, 0.29) is 21.1 Å². The Morgan fingerprint density at radius 3 is 1.78 bits per heavy atom. The van der Waals surface area contributed by atoms with Crippen LogP contribution in [0.25, 0.3) is 0 Å². The van der Waals surface area contributed by atoms with E-state index in [1.807, 2.05) is 30.3 Å². The summed E-state index contributed by atoms with van der Waals surface area (Å²) in [7, 11) is 0. The van der Waals surface area contributed by atoms with Gasteiger partial charge in [-0.05, 0) is 0 Å². The summed E-state index contributed by atoms with van der Waals surface area (Å²) < 4.78 is 0. The van der Waals surface area contributed by atoms with Crippen LogP contribution in [-0.4, -0.2) is 6.29 Å². The van der Waals surface area contributed by atoms with Crippen LogP contribution < -0.4 is 0 Å². The van der Waals surface area contributed by atoms with Gasteiger partial charge in [0.2, 0.25) is 0 Å². The molecule has 52 valence electrons. The van der Waals surface area contributed by atoms with Crippen molar-refractivity contribution in [3.63, 3.8) is 0 Å². The Balaban J connectivity index is 0. The molecule has 0 saturated carbocycles. The molecule has 0 radical (unpaired) electrons. The fraction of sp³-hybridized carbons (Fsp3) is 0.143. The normalized spacial score (nSPS) is 5.89. The van der Waals surface area contributed by atoms with Crippen LogP contribution in [-0.2, 0) is 25.9 Å². The summed E-state index contributed by atoms with van der Waals surface area (Å²) in [6.45, 7) is 1.32. The summed E-state index contributed by atoms with van der Waals surface area (Å²) in [5, 5.41) is 0. The van der Waals surface area contributed by atoms with Gasteiger partial charge in [-0.15, -0.1) is 0 Å². The van der Waals surface area contributed by atoms with Crippen molar-refractivity contribution in [3.8, 4) is 0 Å². The van der Waals surface area contributed by atoms with Crippen molar-refractivity contribution in [1.29, 1.82) is 0 Å². The molecule has 0 aliphatic rings. The van der Waals surface area contributed by atoms with E-state index in [9.17, 15) is 0 Å². The van der Waals surface area contributed by atoms with Gasteiger partial charge in [0.05, 0.1) is 0 Å². The molecule has 0 amide bonds. The summed E-state index contributed by atoms with van der Waals surface area (Å²) in [5.74, 6) is 0. The first kappa shape index (κ1) is 11.5. The molecular weight excluding hydrogens is 295 g/mol. The van der Waals surface area contributed by atoms with Gasteiger partial charge in [0.1, 0.15) is 0 Å². The molecule has 2 heteroatoms. The van der Waals surface area contributed by atoms with Gasteiger partial charge < -0.3 is 4.79 Å². The minimum absolute atomic E-state index is 0. The average molecular weight is 303 g/mol. The van der Waals surface area contributed by atoms with Gasteiger partial charge in [-0.2, -0.15) is 25.1 Å². The van der Waals surface area contributed by atoms with Crippen LogP contribution >= 0.6 is 0 Å². The van der Waals surface area contributed by atoms with Crippen LogP contribution in [0, 0.1) is 0 Å². The molecule has 0 aliphatic heterocycles. The molecule has 0 saturated heterocycles. The van der Waals surface area contributed by atoms with Gasteiger partial charge in [-0.3, -0.25) is 6.29 Å². The summed E-state index contributed by atoms with van der Waals surface area (Å²) >= 11 is 0. The Morgan fingerprint density at radius 1 is 1.33 bits per heavy atom. The zero-order valence-corrected chi connectivity index (χ0v) is 7.38. The zero-order chi connectivity index (χ0) is 6.24. The molecule has 0 fully saturated rings. The number of rotatable bonds is 0. The van der Waals surface area contributed by atoms with E-state index in [4.69, 9.17) is 4.79 Å². The third-order valence-corrected chi connectivity index (χ3v) is 0.556. The molecule has 0 aliphatic carbocycles. The van der Waals surface area contributed by atoms with E-state index in [2.05, 4.69) is 0 Å². The van der Waals surface area contributed by atoms with Crippen LogP contribution in [0.15, 0.2) is 30.3 Å². The maximum Gasteiger partial charge on any atom is 2.00 e. The second-order valence-corrected chi connectivity index (χ2v) is 1.17. The maximum absolute atomic E-state index is 8.68. The van der Waals surface area contributed by atoms with Gasteiger partial charge in [-0.25, -0.2) is 12.1 Å². The largest absolute Gasteiger partial charge is 2.00 e. The molecule has 1 rings (SSSR count). The van der Waals surface area contributed by atoms with Gasteiger partial charge in [0, 0.05) is 0 Å². The Labute approximate surface area is 69.7 Å². The van der Waals surface area contributed by atoms with Crippen molar-refractivity contribution in [2.45, 2.75) is 6.92 Å². The third kappa shape index (κ3) is 11.3. The van der Waals surface area contributed by atoms with Crippen molar-refractivity contribution in [1.82, 2.24) is 0 Å². The third-order valence-electron chi connectivity index (χ3n) is 0.556.